The number of carbonyl (C=O) groups is 1. The lowest BCUT2D eigenvalue weighted by atomic mass is 10.2. The van der Waals surface area contributed by atoms with Gasteiger partial charge in [0, 0.05) is 16.6 Å². The normalized spacial score (nSPS) is 16.7. The molecule has 2 saturated carbocycles. The zero-order chi connectivity index (χ0) is 22.3. The number of methoxy groups -OCH3 is 1. The van der Waals surface area contributed by atoms with Gasteiger partial charge in [-0.3, -0.25) is 9.10 Å². The highest BCUT2D eigenvalue weighted by Gasteiger charge is 2.57. The first-order chi connectivity index (χ1) is 14.7. The van der Waals surface area contributed by atoms with Crippen molar-refractivity contribution < 1.29 is 22.7 Å². The van der Waals surface area contributed by atoms with Gasteiger partial charge in [-0.15, -0.1) is 0 Å². The fourth-order valence-corrected chi connectivity index (χ4v) is 5.54. The Bertz CT molecular complexity index is 1090. The van der Waals surface area contributed by atoms with Crippen molar-refractivity contribution in [1.82, 2.24) is 5.32 Å². The third kappa shape index (κ3) is 4.60. The summed E-state index contributed by atoms with van der Waals surface area (Å²) in [5.74, 6) is 0.530. The van der Waals surface area contributed by atoms with Crippen LogP contribution >= 0.6 is 39.1 Å². The molecule has 7 nitrogen and oxygen atoms in total. The Hall–Kier alpha value is -1.68. The van der Waals surface area contributed by atoms with Gasteiger partial charge >= 0.3 is 0 Å². The lowest BCUT2D eigenvalue weighted by Crippen LogP contribution is -2.49. The minimum absolute atomic E-state index is 0.120. The Labute approximate surface area is 199 Å². The van der Waals surface area contributed by atoms with Gasteiger partial charge in [0.25, 0.3) is 0 Å². The third-order valence-electron chi connectivity index (χ3n) is 5.19. The molecule has 0 unspecified atom stereocenters. The maximum absolute atomic E-state index is 12.9. The van der Waals surface area contributed by atoms with E-state index < -0.39 is 16.4 Å². The van der Waals surface area contributed by atoms with E-state index in [0.717, 1.165) is 17.1 Å². The van der Waals surface area contributed by atoms with Crippen LogP contribution in [-0.4, -0.2) is 33.0 Å². The topological polar surface area (TPSA) is 84.9 Å². The van der Waals surface area contributed by atoms with Crippen LogP contribution in [0.5, 0.6) is 17.2 Å². The van der Waals surface area contributed by atoms with E-state index in [1.165, 1.54) is 13.2 Å². The van der Waals surface area contributed by atoms with E-state index in [4.69, 9.17) is 32.7 Å². The number of rotatable bonds is 8. The molecule has 2 aliphatic carbocycles. The van der Waals surface area contributed by atoms with Crippen molar-refractivity contribution >= 4 is 61.6 Å². The van der Waals surface area contributed by atoms with Crippen molar-refractivity contribution in [3.05, 3.63) is 44.8 Å². The minimum atomic E-state index is -3.13. The van der Waals surface area contributed by atoms with E-state index in [2.05, 4.69) is 21.2 Å². The molecule has 166 valence electrons. The molecule has 2 fully saturated rings. The van der Waals surface area contributed by atoms with Gasteiger partial charge in [-0.25, -0.2) is 8.42 Å². The van der Waals surface area contributed by atoms with Gasteiger partial charge in [-0.2, -0.15) is 0 Å². The number of thiol groups is 1. The zero-order valence-electron chi connectivity index (χ0n) is 16.4. The van der Waals surface area contributed by atoms with Crippen molar-refractivity contribution in [2.24, 2.45) is 0 Å². The molecular formula is C20H19BrCl2N2O5S. The van der Waals surface area contributed by atoms with E-state index in [1.54, 1.807) is 24.3 Å². The Morgan fingerprint density at radius 3 is 2.35 bits per heavy atom. The molecule has 2 aliphatic rings. The predicted molar refractivity (Wildman–Crippen MR) is 123 cm³/mol. The molecule has 4 rings (SSSR count). The Morgan fingerprint density at radius 2 is 1.84 bits per heavy atom. The molecule has 31 heavy (non-hydrogen) atoms. The van der Waals surface area contributed by atoms with E-state index in [-0.39, 0.29) is 33.4 Å². The SMILES string of the molecule is COc1ccc(Oc2c(Cl)cc(Br)cc2Cl)cc1N([SH](=O)=O)C1(C(=O)NC2CC2)CC1. The van der Waals surface area contributed by atoms with E-state index >= 15 is 0 Å². The predicted octanol–water partition coefficient (Wildman–Crippen LogP) is 4.70. The number of benzene rings is 2. The van der Waals surface area contributed by atoms with Crippen LogP contribution < -0.4 is 19.1 Å². The van der Waals surface area contributed by atoms with Gasteiger partial charge in [0.1, 0.15) is 17.0 Å². The summed E-state index contributed by atoms with van der Waals surface area (Å²) in [6, 6.07) is 8.08. The first-order valence-electron chi connectivity index (χ1n) is 9.51. The van der Waals surface area contributed by atoms with Crippen LogP contribution in [0.15, 0.2) is 34.8 Å². The number of nitrogens with one attached hydrogen (secondary N) is 1. The smallest absolute Gasteiger partial charge is 0.247 e. The van der Waals surface area contributed by atoms with Crippen LogP contribution in [-0.2, 0) is 15.7 Å². The Kier molecular flexibility index (Phi) is 6.31. The lowest BCUT2D eigenvalue weighted by Gasteiger charge is -2.29. The summed E-state index contributed by atoms with van der Waals surface area (Å²) in [5.41, 5.74) is -0.944. The molecule has 0 aromatic heterocycles. The van der Waals surface area contributed by atoms with Crippen LogP contribution in [0.25, 0.3) is 0 Å². The number of hydrogen-bond donors (Lipinski definition) is 2. The number of hydrogen-bond acceptors (Lipinski definition) is 5. The molecule has 1 amide bonds. The first-order valence-corrected chi connectivity index (χ1v) is 12.2. The molecule has 0 spiro atoms. The van der Waals surface area contributed by atoms with Crippen LogP contribution in [0.3, 0.4) is 0 Å². The van der Waals surface area contributed by atoms with Crippen molar-refractivity contribution in [3.63, 3.8) is 0 Å². The summed E-state index contributed by atoms with van der Waals surface area (Å²) < 4.78 is 37.7. The first kappa shape index (κ1) is 22.5. The number of ether oxygens (including phenoxy) is 2. The molecule has 0 saturated heterocycles. The monoisotopic (exact) mass is 548 g/mol. The largest absolute Gasteiger partial charge is 0.495 e. The summed E-state index contributed by atoms with van der Waals surface area (Å²) in [4.78, 5) is 12.9. The highest BCUT2D eigenvalue weighted by atomic mass is 79.9. The lowest BCUT2D eigenvalue weighted by molar-refractivity contribution is -0.123. The molecule has 0 bridgehead atoms. The fourth-order valence-electron chi connectivity index (χ4n) is 3.32. The van der Waals surface area contributed by atoms with Crippen LogP contribution in [0.1, 0.15) is 25.7 Å². The van der Waals surface area contributed by atoms with Gasteiger partial charge in [-0.1, -0.05) is 39.1 Å². The molecule has 2 aromatic carbocycles. The quantitative estimate of drug-likeness (QED) is 0.466. The van der Waals surface area contributed by atoms with Gasteiger partial charge in [-0.05, 0) is 49.9 Å². The van der Waals surface area contributed by atoms with Crippen molar-refractivity contribution in [2.45, 2.75) is 37.3 Å². The number of carbonyl (C=O) groups excluding carboxylic acids is 1. The maximum Gasteiger partial charge on any atom is 0.247 e. The number of halogens is 3. The highest BCUT2D eigenvalue weighted by molar-refractivity contribution is 9.10. The molecule has 2 aromatic rings. The van der Waals surface area contributed by atoms with Crippen molar-refractivity contribution in [1.29, 1.82) is 0 Å². The molecule has 1 N–H and O–H groups in total. The zero-order valence-corrected chi connectivity index (χ0v) is 20.4. The van der Waals surface area contributed by atoms with Crippen LogP contribution in [0, 0.1) is 0 Å². The molecule has 0 aliphatic heterocycles. The second-order valence-electron chi connectivity index (χ2n) is 7.46. The fraction of sp³-hybridized carbons (Fsp3) is 0.350. The van der Waals surface area contributed by atoms with Crippen molar-refractivity contribution in [2.75, 3.05) is 11.4 Å². The van der Waals surface area contributed by atoms with Crippen LogP contribution in [0.2, 0.25) is 10.0 Å². The van der Waals surface area contributed by atoms with Gasteiger partial charge in [0.2, 0.25) is 16.8 Å². The molecule has 0 atom stereocenters. The number of nitrogens with zero attached hydrogens (tertiary/aromatic N) is 1. The third-order valence-corrected chi connectivity index (χ3v) is 7.13. The van der Waals surface area contributed by atoms with Gasteiger partial charge < -0.3 is 14.8 Å². The van der Waals surface area contributed by atoms with Gasteiger partial charge in [0.05, 0.1) is 22.8 Å². The molecule has 11 heteroatoms. The minimum Gasteiger partial charge on any atom is -0.495 e. The highest BCUT2D eigenvalue weighted by Crippen LogP contribution is 2.49. The average Bonchev–Trinajstić information content (AvgIpc) is 3.61. The second kappa shape index (κ2) is 8.69. The van der Waals surface area contributed by atoms with E-state index in [0.29, 0.717) is 28.8 Å². The van der Waals surface area contributed by atoms with Gasteiger partial charge in [0.15, 0.2) is 5.75 Å². The van der Waals surface area contributed by atoms with E-state index in [1.807, 2.05) is 0 Å². The standard InChI is InChI=1S/C20H19BrCl2N2O5S/c1-29-17-5-4-13(30-18-14(22)8-11(21)9-15(18)23)10-16(17)25(31(27)28)20(6-7-20)19(26)24-12-2-3-12/h4-5,8-10,12,31H,2-3,6-7H2,1H3,(H,24,26). The van der Waals surface area contributed by atoms with Crippen LogP contribution in [0.4, 0.5) is 5.69 Å². The number of anilines is 1. The van der Waals surface area contributed by atoms with E-state index in [9.17, 15) is 13.2 Å². The Morgan fingerprint density at radius 1 is 1.19 bits per heavy atom. The Balaban J connectivity index is 1.72. The second-order valence-corrected chi connectivity index (χ2v) is 10.1. The molecule has 0 radical (unpaired) electrons. The summed E-state index contributed by atoms with van der Waals surface area (Å²) in [5, 5.41) is 3.48. The summed E-state index contributed by atoms with van der Waals surface area (Å²) in [6.45, 7) is 0. The summed E-state index contributed by atoms with van der Waals surface area (Å²) in [6.07, 6.45) is 2.67. The molecule has 0 heterocycles. The van der Waals surface area contributed by atoms with Crippen molar-refractivity contribution in [3.8, 4) is 17.2 Å². The molecular weight excluding hydrogens is 531 g/mol. The maximum atomic E-state index is 12.9. The summed E-state index contributed by atoms with van der Waals surface area (Å²) >= 11 is 15.8. The summed E-state index contributed by atoms with van der Waals surface area (Å²) in [7, 11) is -1.70. The average molecular weight is 550 g/mol. The number of amides is 1.